The maximum atomic E-state index is 12.2. The molecule has 0 aliphatic heterocycles. The molecule has 4 nitrogen and oxygen atoms in total. The number of benzene rings is 1. The van der Waals surface area contributed by atoms with E-state index in [2.05, 4.69) is 11.1 Å². The van der Waals surface area contributed by atoms with Gasteiger partial charge in [-0.25, -0.2) is 0 Å². The second-order valence-corrected chi connectivity index (χ2v) is 5.02. The van der Waals surface area contributed by atoms with Crippen LogP contribution in [0.5, 0.6) is 0 Å². The Morgan fingerprint density at radius 3 is 2.60 bits per heavy atom. The second kappa shape index (κ2) is 5.74. The molecule has 0 radical (unpaired) electrons. The average Bonchev–Trinajstić information content (AvgIpc) is 2.41. The fourth-order valence-electron chi connectivity index (χ4n) is 2.13. The quantitative estimate of drug-likeness (QED) is 0.930. The predicted octanol–water partition coefficient (Wildman–Crippen LogP) is 2.26. The van der Waals surface area contributed by atoms with Crippen molar-refractivity contribution in [3.63, 3.8) is 0 Å². The van der Waals surface area contributed by atoms with Gasteiger partial charge in [0.1, 0.15) is 5.69 Å². The van der Waals surface area contributed by atoms with Crippen molar-refractivity contribution in [2.24, 2.45) is 0 Å². The van der Waals surface area contributed by atoms with E-state index in [1.54, 1.807) is 24.1 Å². The van der Waals surface area contributed by atoms with Crippen LogP contribution in [-0.2, 0) is 6.54 Å². The van der Waals surface area contributed by atoms with Crippen molar-refractivity contribution >= 4 is 5.91 Å². The molecule has 0 unspecified atom stereocenters. The lowest BCUT2D eigenvalue weighted by atomic mass is 10.1. The molecule has 0 saturated heterocycles. The largest absolute Gasteiger partial charge is 0.336 e. The Hall–Kier alpha value is -2.36. The molecule has 0 aliphatic rings. The molecule has 104 valence electrons. The van der Waals surface area contributed by atoms with Gasteiger partial charge in [-0.2, -0.15) is 0 Å². The Bertz CT molecular complexity index is 689. The van der Waals surface area contributed by atoms with Crippen LogP contribution < -0.4 is 5.56 Å². The maximum absolute atomic E-state index is 12.2. The molecule has 0 spiro atoms. The van der Waals surface area contributed by atoms with Crippen molar-refractivity contribution in [1.29, 1.82) is 0 Å². The van der Waals surface area contributed by atoms with E-state index in [1.807, 2.05) is 26.0 Å². The molecule has 0 saturated carbocycles. The number of carbonyl (C=O) groups is 1. The van der Waals surface area contributed by atoms with Crippen LogP contribution >= 0.6 is 0 Å². The number of aromatic nitrogens is 1. The summed E-state index contributed by atoms with van der Waals surface area (Å²) in [5, 5.41) is 0. The van der Waals surface area contributed by atoms with Gasteiger partial charge in [0, 0.05) is 19.7 Å². The lowest BCUT2D eigenvalue weighted by Gasteiger charge is -2.18. The minimum atomic E-state index is -0.268. The smallest absolute Gasteiger partial charge is 0.270 e. The molecule has 2 rings (SSSR count). The number of hydrogen-bond acceptors (Lipinski definition) is 2. The van der Waals surface area contributed by atoms with Gasteiger partial charge in [-0.3, -0.25) is 9.59 Å². The van der Waals surface area contributed by atoms with E-state index in [0.717, 1.165) is 11.1 Å². The Balaban J connectivity index is 2.17. The first-order chi connectivity index (χ1) is 9.47. The number of aryl methyl sites for hydroxylation is 2. The van der Waals surface area contributed by atoms with E-state index in [-0.39, 0.29) is 11.5 Å². The summed E-state index contributed by atoms with van der Waals surface area (Å²) in [4.78, 5) is 27.6. The molecule has 1 aromatic heterocycles. The molecule has 0 bridgehead atoms. The molecule has 1 N–H and O–H groups in total. The zero-order valence-electron chi connectivity index (χ0n) is 11.9. The summed E-state index contributed by atoms with van der Waals surface area (Å²) >= 11 is 0. The molecule has 0 fully saturated rings. The Labute approximate surface area is 118 Å². The highest BCUT2D eigenvalue weighted by atomic mass is 16.2. The van der Waals surface area contributed by atoms with Gasteiger partial charge >= 0.3 is 0 Å². The van der Waals surface area contributed by atoms with Gasteiger partial charge in [0.05, 0.1) is 0 Å². The third kappa shape index (κ3) is 3.15. The average molecular weight is 270 g/mol. The first kappa shape index (κ1) is 14.1. The molecule has 20 heavy (non-hydrogen) atoms. The van der Waals surface area contributed by atoms with Crippen molar-refractivity contribution in [1.82, 2.24) is 9.88 Å². The zero-order chi connectivity index (χ0) is 14.7. The normalized spacial score (nSPS) is 10.3. The lowest BCUT2D eigenvalue weighted by Crippen LogP contribution is -2.28. The summed E-state index contributed by atoms with van der Waals surface area (Å²) in [5.74, 6) is -0.192. The summed E-state index contributed by atoms with van der Waals surface area (Å²) in [6.45, 7) is 4.59. The predicted molar refractivity (Wildman–Crippen MR) is 78.8 cm³/mol. The standard InChI is InChI=1S/C16H18N2O2/c1-11-7-8-13(12(2)9-11)10-18(3)16(20)14-5-4-6-15(19)17-14/h4-9H,10H2,1-3H3,(H,17,19). The summed E-state index contributed by atoms with van der Waals surface area (Å²) in [7, 11) is 1.73. The van der Waals surface area contributed by atoms with Crippen molar-refractivity contribution in [3.8, 4) is 0 Å². The zero-order valence-corrected chi connectivity index (χ0v) is 11.9. The maximum Gasteiger partial charge on any atom is 0.270 e. The van der Waals surface area contributed by atoms with Gasteiger partial charge in [0.25, 0.3) is 5.91 Å². The van der Waals surface area contributed by atoms with E-state index in [9.17, 15) is 9.59 Å². The van der Waals surface area contributed by atoms with Crippen LogP contribution in [0.15, 0.2) is 41.2 Å². The van der Waals surface area contributed by atoms with E-state index >= 15 is 0 Å². The minimum absolute atomic E-state index is 0.192. The van der Waals surface area contributed by atoms with E-state index in [4.69, 9.17) is 0 Å². The van der Waals surface area contributed by atoms with Crippen LogP contribution in [0.25, 0.3) is 0 Å². The monoisotopic (exact) mass is 270 g/mol. The fourth-order valence-corrected chi connectivity index (χ4v) is 2.13. The highest BCUT2D eigenvalue weighted by molar-refractivity contribution is 5.92. The number of pyridine rings is 1. The van der Waals surface area contributed by atoms with Crippen molar-refractivity contribution < 1.29 is 4.79 Å². The summed E-state index contributed by atoms with van der Waals surface area (Å²) in [6.07, 6.45) is 0. The number of amides is 1. The van der Waals surface area contributed by atoms with Crippen LogP contribution in [-0.4, -0.2) is 22.8 Å². The van der Waals surface area contributed by atoms with Crippen molar-refractivity contribution in [2.75, 3.05) is 7.05 Å². The third-order valence-electron chi connectivity index (χ3n) is 3.25. The molecule has 1 amide bonds. The van der Waals surface area contributed by atoms with Crippen molar-refractivity contribution in [3.05, 3.63) is 69.1 Å². The van der Waals surface area contributed by atoms with Gasteiger partial charge in [-0.05, 0) is 31.0 Å². The highest BCUT2D eigenvalue weighted by Crippen LogP contribution is 2.13. The van der Waals surface area contributed by atoms with Crippen LogP contribution in [0, 0.1) is 13.8 Å². The molecule has 1 aromatic carbocycles. The topological polar surface area (TPSA) is 53.2 Å². The van der Waals surface area contributed by atoms with E-state index in [0.29, 0.717) is 12.2 Å². The summed E-state index contributed by atoms with van der Waals surface area (Å²) in [6, 6.07) is 10.7. The third-order valence-corrected chi connectivity index (χ3v) is 3.25. The first-order valence-electron chi connectivity index (χ1n) is 6.48. The summed E-state index contributed by atoms with van der Waals surface area (Å²) < 4.78 is 0. The first-order valence-corrected chi connectivity index (χ1v) is 6.48. The molecule has 1 heterocycles. The SMILES string of the molecule is Cc1ccc(CN(C)C(=O)c2cccc(=O)[nH]2)c(C)c1. The Kier molecular flexibility index (Phi) is 4.03. The van der Waals surface area contributed by atoms with Crippen molar-refractivity contribution in [2.45, 2.75) is 20.4 Å². The summed E-state index contributed by atoms with van der Waals surface area (Å²) in [5.41, 5.74) is 3.50. The molecule has 2 aromatic rings. The molecular weight excluding hydrogens is 252 g/mol. The number of rotatable bonds is 3. The van der Waals surface area contributed by atoms with Crippen LogP contribution in [0.3, 0.4) is 0 Å². The van der Waals surface area contributed by atoms with E-state index in [1.165, 1.54) is 11.6 Å². The van der Waals surface area contributed by atoms with Gasteiger partial charge in [-0.15, -0.1) is 0 Å². The molecule has 0 aliphatic carbocycles. The molecule has 4 heteroatoms. The van der Waals surface area contributed by atoms with Gasteiger partial charge < -0.3 is 9.88 Å². The number of aromatic amines is 1. The van der Waals surface area contributed by atoms with Crippen LogP contribution in [0.1, 0.15) is 27.2 Å². The van der Waals surface area contributed by atoms with Crippen LogP contribution in [0.4, 0.5) is 0 Å². The Morgan fingerprint density at radius 1 is 1.20 bits per heavy atom. The molecule has 0 atom stereocenters. The van der Waals surface area contributed by atoms with E-state index < -0.39 is 0 Å². The lowest BCUT2D eigenvalue weighted by molar-refractivity contribution is 0.0779. The number of carbonyl (C=O) groups excluding carboxylic acids is 1. The van der Waals surface area contributed by atoms with Gasteiger partial charge in [0.2, 0.25) is 5.56 Å². The second-order valence-electron chi connectivity index (χ2n) is 5.02. The number of nitrogens with zero attached hydrogens (tertiary/aromatic N) is 1. The number of nitrogens with one attached hydrogen (secondary N) is 1. The number of hydrogen-bond donors (Lipinski definition) is 1. The van der Waals surface area contributed by atoms with Gasteiger partial charge in [-0.1, -0.05) is 29.8 Å². The van der Waals surface area contributed by atoms with Gasteiger partial charge in [0.15, 0.2) is 0 Å². The number of H-pyrrole nitrogens is 1. The minimum Gasteiger partial charge on any atom is -0.336 e. The molecular formula is C16H18N2O2. The highest BCUT2D eigenvalue weighted by Gasteiger charge is 2.13. The fraction of sp³-hybridized carbons (Fsp3) is 0.250. The van der Waals surface area contributed by atoms with Crippen LogP contribution in [0.2, 0.25) is 0 Å². The Morgan fingerprint density at radius 2 is 1.95 bits per heavy atom.